The van der Waals surface area contributed by atoms with E-state index in [1.807, 2.05) is 37.3 Å². The lowest BCUT2D eigenvalue weighted by Crippen LogP contribution is -2.34. The topological polar surface area (TPSA) is 49.3 Å². The van der Waals surface area contributed by atoms with E-state index in [9.17, 15) is 14.3 Å². The van der Waals surface area contributed by atoms with E-state index in [0.29, 0.717) is 18.4 Å². The smallest absolute Gasteiger partial charge is 0.223 e. The molecule has 2 aromatic rings. The SMILES string of the molecule is CC(CCc1ccccc1F)C(=O)NC(CO)c1ccccc1. The van der Waals surface area contributed by atoms with Crippen molar-refractivity contribution in [2.75, 3.05) is 6.61 Å². The Kier molecular flexibility index (Phi) is 6.29. The average molecular weight is 315 g/mol. The number of aryl methyl sites for hydroxylation is 1. The molecule has 23 heavy (non-hydrogen) atoms. The summed E-state index contributed by atoms with van der Waals surface area (Å²) in [4.78, 5) is 12.3. The second kappa shape index (κ2) is 8.44. The van der Waals surface area contributed by atoms with Crippen molar-refractivity contribution in [2.24, 2.45) is 5.92 Å². The number of hydrogen-bond donors (Lipinski definition) is 2. The molecule has 0 fully saturated rings. The molecular formula is C19H22FNO2. The number of aliphatic hydroxyl groups excluding tert-OH is 1. The molecule has 2 atom stereocenters. The third kappa shape index (κ3) is 4.89. The normalized spacial score (nSPS) is 13.3. The van der Waals surface area contributed by atoms with Crippen LogP contribution in [0.1, 0.15) is 30.5 Å². The third-order valence-electron chi connectivity index (χ3n) is 3.95. The fourth-order valence-electron chi connectivity index (χ4n) is 2.44. The zero-order valence-corrected chi connectivity index (χ0v) is 13.2. The highest BCUT2D eigenvalue weighted by atomic mass is 19.1. The molecule has 2 unspecified atom stereocenters. The summed E-state index contributed by atoms with van der Waals surface area (Å²) in [6.07, 6.45) is 1.07. The zero-order chi connectivity index (χ0) is 16.7. The molecule has 4 heteroatoms. The van der Waals surface area contributed by atoms with E-state index in [1.54, 1.807) is 18.2 Å². The van der Waals surface area contributed by atoms with Crippen LogP contribution in [0.4, 0.5) is 4.39 Å². The van der Waals surface area contributed by atoms with Gasteiger partial charge in [0, 0.05) is 5.92 Å². The first-order valence-corrected chi connectivity index (χ1v) is 7.81. The standard InChI is InChI=1S/C19H22FNO2/c1-14(11-12-15-7-5-6-10-17(15)20)19(23)21-18(13-22)16-8-3-2-4-9-16/h2-10,14,18,22H,11-13H2,1H3,(H,21,23). The summed E-state index contributed by atoms with van der Waals surface area (Å²) < 4.78 is 13.6. The molecule has 3 nitrogen and oxygen atoms in total. The van der Waals surface area contributed by atoms with Gasteiger partial charge < -0.3 is 10.4 Å². The van der Waals surface area contributed by atoms with E-state index < -0.39 is 6.04 Å². The Morgan fingerprint density at radius 3 is 2.43 bits per heavy atom. The van der Waals surface area contributed by atoms with Crippen LogP contribution in [0.5, 0.6) is 0 Å². The molecule has 0 aliphatic rings. The van der Waals surface area contributed by atoms with Gasteiger partial charge >= 0.3 is 0 Å². The maximum atomic E-state index is 13.6. The van der Waals surface area contributed by atoms with Crippen molar-refractivity contribution in [2.45, 2.75) is 25.8 Å². The number of hydrogen-bond acceptors (Lipinski definition) is 2. The van der Waals surface area contributed by atoms with Crippen molar-refractivity contribution < 1.29 is 14.3 Å². The molecule has 122 valence electrons. The lowest BCUT2D eigenvalue weighted by Gasteiger charge is -2.19. The van der Waals surface area contributed by atoms with Crippen LogP contribution in [0.25, 0.3) is 0 Å². The minimum Gasteiger partial charge on any atom is -0.394 e. The lowest BCUT2D eigenvalue weighted by atomic mass is 9.99. The number of halogens is 1. The van der Waals surface area contributed by atoms with Gasteiger partial charge in [0.05, 0.1) is 12.6 Å². The summed E-state index contributed by atoms with van der Waals surface area (Å²) in [5.41, 5.74) is 1.48. The molecule has 2 N–H and O–H groups in total. The number of nitrogens with one attached hydrogen (secondary N) is 1. The van der Waals surface area contributed by atoms with E-state index in [4.69, 9.17) is 0 Å². The monoisotopic (exact) mass is 315 g/mol. The van der Waals surface area contributed by atoms with E-state index in [1.165, 1.54) is 6.07 Å². The highest BCUT2D eigenvalue weighted by molar-refractivity contribution is 5.78. The van der Waals surface area contributed by atoms with Gasteiger partial charge in [0.2, 0.25) is 5.91 Å². The fraction of sp³-hybridized carbons (Fsp3) is 0.316. The lowest BCUT2D eigenvalue weighted by molar-refractivity contribution is -0.125. The van der Waals surface area contributed by atoms with Gasteiger partial charge in [0.15, 0.2) is 0 Å². The molecule has 2 rings (SSSR count). The number of aliphatic hydroxyl groups is 1. The van der Waals surface area contributed by atoms with E-state index in [2.05, 4.69) is 5.32 Å². The van der Waals surface area contributed by atoms with Crippen molar-refractivity contribution >= 4 is 5.91 Å². The van der Waals surface area contributed by atoms with Crippen molar-refractivity contribution in [3.05, 3.63) is 71.5 Å². The minimum absolute atomic E-state index is 0.135. The van der Waals surface area contributed by atoms with Crippen molar-refractivity contribution in [1.82, 2.24) is 5.32 Å². The van der Waals surface area contributed by atoms with Gasteiger partial charge in [0.25, 0.3) is 0 Å². The van der Waals surface area contributed by atoms with Crippen LogP contribution in [0.15, 0.2) is 54.6 Å². The minimum atomic E-state index is -0.417. The first kappa shape index (κ1) is 17.2. The largest absolute Gasteiger partial charge is 0.394 e. The number of rotatable bonds is 7. The molecular weight excluding hydrogens is 293 g/mol. The summed E-state index contributed by atoms with van der Waals surface area (Å²) in [6.45, 7) is 1.66. The summed E-state index contributed by atoms with van der Waals surface area (Å²) >= 11 is 0. The van der Waals surface area contributed by atoms with E-state index >= 15 is 0 Å². The van der Waals surface area contributed by atoms with Crippen LogP contribution < -0.4 is 5.32 Å². The molecule has 0 spiro atoms. The third-order valence-corrected chi connectivity index (χ3v) is 3.95. The Labute approximate surface area is 136 Å². The van der Waals surface area contributed by atoms with Crippen LogP contribution in [0.2, 0.25) is 0 Å². The Balaban J connectivity index is 1.90. The second-order valence-electron chi connectivity index (χ2n) is 5.69. The van der Waals surface area contributed by atoms with Crippen molar-refractivity contribution in [1.29, 1.82) is 0 Å². The van der Waals surface area contributed by atoms with Gasteiger partial charge in [0.1, 0.15) is 5.82 Å². The van der Waals surface area contributed by atoms with Gasteiger partial charge in [-0.2, -0.15) is 0 Å². The van der Waals surface area contributed by atoms with Gasteiger partial charge in [-0.1, -0.05) is 55.5 Å². The highest BCUT2D eigenvalue weighted by Gasteiger charge is 2.18. The molecule has 2 aromatic carbocycles. The van der Waals surface area contributed by atoms with E-state index in [-0.39, 0.29) is 24.2 Å². The summed E-state index contributed by atoms with van der Waals surface area (Å²) in [5, 5.41) is 12.3. The molecule has 1 amide bonds. The summed E-state index contributed by atoms with van der Waals surface area (Å²) in [6, 6.07) is 15.5. The van der Waals surface area contributed by atoms with Gasteiger partial charge in [-0.3, -0.25) is 4.79 Å². The molecule has 0 heterocycles. The van der Waals surface area contributed by atoms with Crippen LogP contribution >= 0.6 is 0 Å². The highest BCUT2D eigenvalue weighted by Crippen LogP contribution is 2.16. The fourth-order valence-corrected chi connectivity index (χ4v) is 2.44. The molecule has 0 saturated heterocycles. The molecule has 0 aliphatic heterocycles. The predicted molar refractivity (Wildman–Crippen MR) is 88.3 cm³/mol. The Bertz CT molecular complexity index is 630. The van der Waals surface area contributed by atoms with Crippen molar-refractivity contribution in [3.8, 4) is 0 Å². The first-order valence-electron chi connectivity index (χ1n) is 7.81. The summed E-state index contributed by atoms with van der Waals surface area (Å²) in [7, 11) is 0. The number of carbonyl (C=O) groups excluding carboxylic acids is 1. The van der Waals surface area contributed by atoms with Crippen LogP contribution in [0, 0.1) is 11.7 Å². The van der Waals surface area contributed by atoms with E-state index in [0.717, 1.165) is 5.56 Å². The molecule has 0 aliphatic carbocycles. The first-order chi connectivity index (χ1) is 11.1. The Morgan fingerprint density at radius 1 is 1.13 bits per heavy atom. The molecule has 0 radical (unpaired) electrons. The maximum absolute atomic E-state index is 13.6. The molecule has 0 bridgehead atoms. The van der Waals surface area contributed by atoms with Crippen LogP contribution in [-0.4, -0.2) is 17.6 Å². The second-order valence-corrected chi connectivity index (χ2v) is 5.69. The van der Waals surface area contributed by atoms with Crippen LogP contribution in [0.3, 0.4) is 0 Å². The van der Waals surface area contributed by atoms with Gasteiger partial charge in [-0.25, -0.2) is 4.39 Å². The molecule has 0 saturated carbocycles. The average Bonchev–Trinajstić information content (AvgIpc) is 2.59. The predicted octanol–water partition coefficient (Wildman–Crippen LogP) is 3.24. The van der Waals surface area contributed by atoms with Gasteiger partial charge in [-0.15, -0.1) is 0 Å². The number of benzene rings is 2. The number of amides is 1. The molecule has 0 aromatic heterocycles. The summed E-state index contributed by atoms with van der Waals surface area (Å²) in [5.74, 6) is -0.630. The number of carbonyl (C=O) groups is 1. The quantitative estimate of drug-likeness (QED) is 0.824. The van der Waals surface area contributed by atoms with Crippen LogP contribution in [-0.2, 0) is 11.2 Å². The van der Waals surface area contributed by atoms with Crippen molar-refractivity contribution in [3.63, 3.8) is 0 Å². The van der Waals surface area contributed by atoms with Gasteiger partial charge in [-0.05, 0) is 30.0 Å². The Morgan fingerprint density at radius 2 is 1.78 bits per heavy atom. The zero-order valence-electron chi connectivity index (χ0n) is 13.2. The Hall–Kier alpha value is -2.20. The maximum Gasteiger partial charge on any atom is 0.223 e.